The van der Waals surface area contributed by atoms with Crippen LogP contribution in [-0.2, 0) is 4.79 Å². The molecule has 0 saturated heterocycles. The zero-order valence-corrected chi connectivity index (χ0v) is 16.0. The molecular formula is C24H17NO5. The molecule has 0 aliphatic rings. The van der Waals surface area contributed by atoms with E-state index >= 15 is 0 Å². The van der Waals surface area contributed by atoms with Gasteiger partial charge in [0.1, 0.15) is 17.6 Å². The van der Waals surface area contributed by atoms with Gasteiger partial charge >= 0.3 is 5.97 Å². The Morgan fingerprint density at radius 1 is 0.933 bits per heavy atom. The van der Waals surface area contributed by atoms with Crippen molar-refractivity contribution in [3.63, 3.8) is 0 Å². The summed E-state index contributed by atoms with van der Waals surface area (Å²) in [5.41, 5.74) is 2.31. The molecule has 0 bridgehead atoms. The predicted molar refractivity (Wildman–Crippen MR) is 114 cm³/mol. The Kier molecular flexibility index (Phi) is 5.13. The van der Waals surface area contributed by atoms with Crippen molar-refractivity contribution >= 4 is 28.5 Å². The van der Waals surface area contributed by atoms with Gasteiger partial charge in [-0.3, -0.25) is 9.59 Å². The molecule has 4 rings (SSSR count). The van der Waals surface area contributed by atoms with Gasteiger partial charge in [-0.2, -0.15) is 0 Å². The van der Waals surface area contributed by atoms with Gasteiger partial charge in [-0.15, -0.1) is 0 Å². The molecule has 0 aliphatic carbocycles. The Hall–Kier alpha value is -4.19. The molecule has 1 heterocycles. The molecule has 148 valence electrons. The lowest BCUT2D eigenvalue weighted by Crippen LogP contribution is -2.10. The van der Waals surface area contributed by atoms with Crippen LogP contribution in [0.1, 0.15) is 17.3 Å². The third kappa shape index (κ3) is 3.98. The fourth-order valence-electron chi connectivity index (χ4n) is 3.05. The van der Waals surface area contributed by atoms with Crippen LogP contribution in [0, 0.1) is 0 Å². The van der Waals surface area contributed by atoms with Crippen LogP contribution < -0.4 is 15.5 Å². The summed E-state index contributed by atoms with van der Waals surface area (Å²) >= 11 is 0. The number of carbonyl (C=O) groups is 2. The number of esters is 1. The Labute approximate surface area is 171 Å². The van der Waals surface area contributed by atoms with Crippen LogP contribution in [0.15, 0.2) is 88.3 Å². The van der Waals surface area contributed by atoms with Crippen molar-refractivity contribution in [3.8, 4) is 16.9 Å². The molecule has 0 atom stereocenters. The van der Waals surface area contributed by atoms with Gasteiger partial charge in [0.2, 0.25) is 5.91 Å². The first-order valence-corrected chi connectivity index (χ1v) is 9.22. The van der Waals surface area contributed by atoms with E-state index in [4.69, 9.17) is 9.15 Å². The third-order valence-corrected chi connectivity index (χ3v) is 4.48. The fraction of sp³-hybridized carbons (Fsp3) is 0.0417. The van der Waals surface area contributed by atoms with E-state index in [1.165, 1.54) is 19.3 Å². The molecule has 0 aliphatic heterocycles. The molecule has 4 aromatic rings. The zero-order valence-electron chi connectivity index (χ0n) is 16.0. The SMILES string of the molecule is CC(=O)Nc1ccc(C(=O)Oc2ccc3c(=O)c(-c4ccccc4)coc3c2)cc1. The lowest BCUT2D eigenvalue weighted by Gasteiger charge is -2.07. The third-order valence-electron chi connectivity index (χ3n) is 4.48. The molecular weight excluding hydrogens is 382 g/mol. The molecule has 6 heteroatoms. The topological polar surface area (TPSA) is 85.6 Å². The van der Waals surface area contributed by atoms with Crippen molar-refractivity contribution in [2.24, 2.45) is 0 Å². The number of fused-ring (bicyclic) bond motifs is 1. The fourth-order valence-corrected chi connectivity index (χ4v) is 3.05. The van der Waals surface area contributed by atoms with Crippen LogP contribution in [0.4, 0.5) is 5.69 Å². The number of carbonyl (C=O) groups excluding carboxylic acids is 2. The van der Waals surface area contributed by atoms with Crippen molar-refractivity contribution in [3.05, 3.63) is 94.8 Å². The first kappa shape index (κ1) is 19.1. The second kappa shape index (κ2) is 8.05. The number of nitrogens with one attached hydrogen (secondary N) is 1. The Morgan fingerprint density at radius 2 is 1.67 bits per heavy atom. The number of ether oxygens (including phenoxy) is 1. The number of anilines is 1. The van der Waals surface area contributed by atoms with Crippen molar-refractivity contribution in [1.29, 1.82) is 0 Å². The van der Waals surface area contributed by atoms with Crippen LogP contribution in [0.25, 0.3) is 22.1 Å². The van der Waals surface area contributed by atoms with Gasteiger partial charge in [0.05, 0.1) is 16.5 Å². The predicted octanol–water partition coefficient (Wildman–Crippen LogP) is 4.64. The molecule has 1 aromatic heterocycles. The summed E-state index contributed by atoms with van der Waals surface area (Å²) in [6.07, 6.45) is 1.41. The minimum Gasteiger partial charge on any atom is -0.463 e. The largest absolute Gasteiger partial charge is 0.463 e. The highest BCUT2D eigenvalue weighted by atomic mass is 16.5. The molecule has 0 saturated carbocycles. The summed E-state index contributed by atoms with van der Waals surface area (Å²) in [5, 5.41) is 3.03. The highest BCUT2D eigenvalue weighted by molar-refractivity contribution is 5.93. The molecule has 3 aromatic carbocycles. The molecule has 0 fully saturated rings. The maximum Gasteiger partial charge on any atom is 0.343 e. The number of hydrogen-bond acceptors (Lipinski definition) is 5. The minimum absolute atomic E-state index is 0.158. The van der Waals surface area contributed by atoms with Gasteiger partial charge in [0.15, 0.2) is 5.43 Å². The highest BCUT2D eigenvalue weighted by Gasteiger charge is 2.13. The van der Waals surface area contributed by atoms with E-state index in [2.05, 4.69) is 5.32 Å². The highest BCUT2D eigenvalue weighted by Crippen LogP contribution is 2.23. The van der Waals surface area contributed by atoms with E-state index in [0.717, 1.165) is 5.56 Å². The van der Waals surface area contributed by atoms with Gasteiger partial charge in [0.25, 0.3) is 0 Å². The summed E-state index contributed by atoms with van der Waals surface area (Å²) in [6.45, 7) is 1.41. The quantitative estimate of drug-likeness (QED) is 0.399. The Morgan fingerprint density at radius 3 is 2.37 bits per heavy atom. The minimum atomic E-state index is -0.563. The Bertz CT molecular complexity index is 1290. The lowest BCUT2D eigenvalue weighted by atomic mass is 10.1. The van der Waals surface area contributed by atoms with Gasteiger partial charge in [-0.1, -0.05) is 30.3 Å². The molecule has 1 N–H and O–H groups in total. The molecule has 0 radical (unpaired) electrons. The second-order valence-corrected chi connectivity index (χ2v) is 6.65. The van der Waals surface area contributed by atoms with E-state index in [1.54, 1.807) is 36.4 Å². The van der Waals surface area contributed by atoms with Crippen LogP contribution >= 0.6 is 0 Å². The number of amides is 1. The van der Waals surface area contributed by atoms with Crippen molar-refractivity contribution < 1.29 is 18.7 Å². The van der Waals surface area contributed by atoms with Crippen LogP contribution in [0.3, 0.4) is 0 Å². The van der Waals surface area contributed by atoms with Crippen molar-refractivity contribution in [2.75, 3.05) is 5.32 Å². The van der Waals surface area contributed by atoms with E-state index < -0.39 is 5.97 Å². The van der Waals surface area contributed by atoms with Gasteiger partial charge in [-0.25, -0.2) is 4.79 Å². The lowest BCUT2D eigenvalue weighted by molar-refractivity contribution is -0.114. The van der Waals surface area contributed by atoms with Gasteiger partial charge in [0, 0.05) is 18.7 Å². The smallest absolute Gasteiger partial charge is 0.343 e. The van der Waals surface area contributed by atoms with Crippen LogP contribution in [-0.4, -0.2) is 11.9 Å². The number of hydrogen-bond donors (Lipinski definition) is 1. The number of benzene rings is 3. The molecule has 6 nitrogen and oxygen atoms in total. The van der Waals surface area contributed by atoms with Gasteiger partial charge in [-0.05, 0) is 42.0 Å². The summed E-state index contributed by atoms with van der Waals surface area (Å²) in [7, 11) is 0. The van der Waals surface area contributed by atoms with E-state index in [1.807, 2.05) is 30.3 Å². The zero-order chi connectivity index (χ0) is 21.1. The second-order valence-electron chi connectivity index (χ2n) is 6.65. The van der Waals surface area contributed by atoms with Gasteiger partial charge < -0.3 is 14.5 Å². The number of rotatable bonds is 4. The first-order valence-electron chi connectivity index (χ1n) is 9.22. The summed E-state index contributed by atoms with van der Waals surface area (Å²) in [5.74, 6) is -0.501. The average Bonchev–Trinajstić information content (AvgIpc) is 2.74. The molecule has 1 amide bonds. The summed E-state index contributed by atoms with van der Waals surface area (Å²) < 4.78 is 11.0. The summed E-state index contributed by atoms with van der Waals surface area (Å²) in [6, 6.07) is 20.2. The Balaban J connectivity index is 1.57. The summed E-state index contributed by atoms with van der Waals surface area (Å²) in [4.78, 5) is 36.3. The molecule has 0 spiro atoms. The maximum atomic E-state index is 12.8. The standard InChI is InChI=1S/C24H17NO5/c1-15(26)25-18-9-7-17(8-10-18)24(28)30-19-11-12-20-22(13-19)29-14-21(23(20)27)16-5-3-2-4-6-16/h2-14H,1H3,(H,25,26). The molecule has 30 heavy (non-hydrogen) atoms. The molecule has 0 unspecified atom stereocenters. The van der Waals surface area contributed by atoms with Crippen molar-refractivity contribution in [1.82, 2.24) is 0 Å². The van der Waals surface area contributed by atoms with Crippen LogP contribution in [0.5, 0.6) is 5.75 Å². The van der Waals surface area contributed by atoms with Crippen molar-refractivity contribution in [2.45, 2.75) is 6.92 Å². The van der Waals surface area contributed by atoms with E-state index in [-0.39, 0.29) is 17.1 Å². The van der Waals surface area contributed by atoms with Crippen LogP contribution in [0.2, 0.25) is 0 Å². The maximum absolute atomic E-state index is 12.8. The average molecular weight is 399 g/mol. The monoisotopic (exact) mass is 399 g/mol. The first-order chi connectivity index (χ1) is 14.5. The van der Waals surface area contributed by atoms with E-state index in [9.17, 15) is 14.4 Å². The normalized spacial score (nSPS) is 10.6. The van der Waals surface area contributed by atoms with E-state index in [0.29, 0.717) is 27.8 Å².